The number of rotatable bonds is 2. The van der Waals surface area contributed by atoms with E-state index in [0.29, 0.717) is 6.42 Å². The minimum atomic E-state index is -0.558. The minimum Gasteiger partial charge on any atom is -0.444 e. The third-order valence-corrected chi connectivity index (χ3v) is 2.92. The van der Waals surface area contributed by atoms with Crippen molar-refractivity contribution in [3.63, 3.8) is 0 Å². The Morgan fingerprint density at radius 1 is 1.59 bits per heavy atom. The molecule has 0 aromatic rings. The zero-order chi connectivity index (χ0) is 13.1. The van der Waals surface area contributed by atoms with Crippen LogP contribution in [0.25, 0.3) is 0 Å². The fraction of sp³-hybridized carbons (Fsp3) is 0.917. The monoisotopic (exact) mass is 244 g/mol. The number of aliphatic hydroxyl groups is 1. The maximum absolute atomic E-state index is 11.6. The summed E-state index contributed by atoms with van der Waals surface area (Å²) >= 11 is 0. The highest BCUT2D eigenvalue weighted by molar-refractivity contribution is 5.68. The standard InChI is InChI=1S/C12H24N2O3/c1-11(2,3)17-10(16)14-9-5-4-6-12(13,7-9)8-15/h9,15H,4-8,13H2,1-3H3,(H,14,16). The molecule has 100 valence electrons. The molecule has 1 aliphatic rings. The number of nitrogens with one attached hydrogen (secondary N) is 1. The van der Waals surface area contributed by atoms with Gasteiger partial charge in [-0.2, -0.15) is 0 Å². The summed E-state index contributed by atoms with van der Waals surface area (Å²) in [7, 11) is 0. The molecule has 1 rings (SSSR count). The van der Waals surface area contributed by atoms with Crippen LogP contribution < -0.4 is 11.1 Å². The van der Waals surface area contributed by atoms with Gasteiger partial charge in [0.25, 0.3) is 0 Å². The average molecular weight is 244 g/mol. The van der Waals surface area contributed by atoms with Gasteiger partial charge in [0.05, 0.1) is 6.61 Å². The molecule has 0 spiro atoms. The average Bonchev–Trinajstić information content (AvgIpc) is 2.14. The molecular weight excluding hydrogens is 220 g/mol. The Hall–Kier alpha value is -0.810. The SMILES string of the molecule is CC(C)(C)OC(=O)NC1CCCC(N)(CO)C1. The maximum Gasteiger partial charge on any atom is 0.407 e. The molecule has 0 bridgehead atoms. The van der Waals surface area contributed by atoms with E-state index in [0.717, 1.165) is 19.3 Å². The van der Waals surface area contributed by atoms with E-state index in [-0.39, 0.29) is 12.6 Å². The summed E-state index contributed by atoms with van der Waals surface area (Å²) in [4.78, 5) is 11.6. The number of ether oxygens (including phenoxy) is 1. The molecule has 5 heteroatoms. The lowest BCUT2D eigenvalue weighted by Gasteiger charge is -2.37. The Bertz CT molecular complexity index is 275. The molecule has 5 nitrogen and oxygen atoms in total. The number of alkyl carbamates (subject to hydrolysis) is 1. The molecule has 2 unspecified atom stereocenters. The maximum atomic E-state index is 11.6. The van der Waals surface area contributed by atoms with E-state index in [1.165, 1.54) is 0 Å². The van der Waals surface area contributed by atoms with Gasteiger partial charge in [-0.1, -0.05) is 0 Å². The Labute approximate surface area is 103 Å². The second-order valence-corrected chi connectivity index (χ2v) is 5.96. The van der Waals surface area contributed by atoms with Gasteiger partial charge in [-0.15, -0.1) is 0 Å². The van der Waals surface area contributed by atoms with Gasteiger partial charge in [-0.05, 0) is 46.5 Å². The molecule has 17 heavy (non-hydrogen) atoms. The van der Waals surface area contributed by atoms with Crippen LogP contribution in [0.4, 0.5) is 4.79 Å². The van der Waals surface area contributed by atoms with E-state index < -0.39 is 17.2 Å². The van der Waals surface area contributed by atoms with E-state index in [9.17, 15) is 9.90 Å². The van der Waals surface area contributed by atoms with Crippen LogP contribution in [0.1, 0.15) is 46.5 Å². The van der Waals surface area contributed by atoms with Gasteiger partial charge in [0.2, 0.25) is 0 Å². The number of carbonyl (C=O) groups excluding carboxylic acids is 1. The van der Waals surface area contributed by atoms with Crippen LogP contribution >= 0.6 is 0 Å². The number of amides is 1. The summed E-state index contributed by atoms with van der Waals surface area (Å²) in [6.45, 7) is 5.44. The zero-order valence-corrected chi connectivity index (χ0v) is 11.0. The van der Waals surface area contributed by atoms with E-state index in [2.05, 4.69) is 5.32 Å². The third-order valence-electron chi connectivity index (χ3n) is 2.92. The molecule has 0 aromatic carbocycles. The van der Waals surface area contributed by atoms with Crippen molar-refractivity contribution in [3.05, 3.63) is 0 Å². The van der Waals surface area contributed by atoms with Gasteiger partial charge in [0.1, 0.15) is 5.60 Å². The van der Waals surface area contributed by atoms with Crippen LogP contribution in [0.5, 0.6) is 0 Å². The Kier molecular flexibility index (Phi) is 4.38. The highest BCUT2D eigenvalue weighted by atomic mass is 16.6. The minimum absolute atomic E-state index is 0.00394. The first-order chi connectivity index (χ1) is 7.74. The molecule has 1 saturated carbocycles. The number of carbonyl (C=O) groups is 1. The van der Waals surface area contributed by atoms with Crippen molar-refractivity contribution in [2.24, 2.45) is 5.73 Å². The van der Waals surface area contributed by atoms with Crippen molar-refractivity contribution in [1.82, 2.24) is 5.32 Å². The molecule has 1 amide bonds. The smallest absolute Gasteiger partial charge is 0.407 e. The Morgan fingerprint density at radius 3 is 2.76 bits per heavy atom. The largest absolute Gasteiger partial charge is 0.444 e. The topological polar surface area (TPSA) is 84.6 Å². The lowest BCUT2D eigenvalue weighted by atomic mass is 9.80. The van der Waals surface area contributed by atoms with Crippen molar-refractivity contribution in [2.45, 2.75) is 63.6 Å². The first-order valence-electron chi connectivity index (χ1n) is 6.13. The molecule has 0 radical (unpaired) electrons. The van der Waals surface area contributed by atoms with Gasteiger partial charge < -0.3 is 20.9 Å². The van der Waals surface area contributed by atoms with E-state index in [1.54, 1.807) is 0 Å². The van der Waals surface area contributed by atoms with Gasteiger partial charge in [0, 0.05) is 11.6 Å². The normalized spacial score (nSPS) is 29.8. The summed E-state index contributed by atoms with van der Waals surface area (Å²) in [5.41, 5.74) is 4.96. The van der Waals surface area contributed by atoms with Gasteiger partial charge in [0.15, 0.2) is 0 Å². The van der Waals surface area contributed by atoms with Crippen molar-refractivity contribution in [3.8, 4) is 0 Å². The van der Waals surface area contributed by atoms with Crippen LogP contribution in [-0.4, -0.2) is 35.0 Å². The van der Waals surface area contributed by atoms with E-state index in [4.69, 9.17) is 10.5 Å². The first-order valence-corrected chi connectivity index (χ1v) is 6.13. The molecule has 4 N–H and O–H groups in total. The lowest BCUT2D eigenvalue weighted by Crippen LogP contribution is -2.53. The van der Waals surface area contributed by atoms with Crippen LogP contribution in [0.15, 0.2) is 0 Å². The van der Waals surface area contributed by atoms with Crippen molar-refractivity contribution < 1.29 is 14.6 Å². The summed E-state index contributed by atoms with van der Waals surface area (Å²) in [6, 6.07) is -0.00394. The summed E-state index contributed by atoms with van der Waals surface area (Å²) < 4.78 is 5.19. The van der Waals surface area contributed by atoms with Gasteiger partial charge in [-0.3, -0.25) is 0 Å². The first kappa shape index (κ1) is 14.3. The van der Waals surface area contributed by atoms with Crippen LogP contribution in [-0.2, 0) is 4.74 Å². The number of aliphatic hydroxyl groups excluding tert-OH is 1. The molecule has 0 saturated heterocycles. The van der Waals surface area contributed by atoms with Crippen LogP contribution in [0.2, 0.25) is 0 Å². The Balaban J connectivity index is 2.44. The predicted molar refractivity (Wildman–Crippen MR) is 65.6 cm³/mol. The van der Waals surface area contributed by atoms with Crippen molar-refractivity contribution >= 4 is 6.09 Å². The molecule has 0 aromatic heterocycles. The second-order valence-electron chi connectivity index (χ2n) is 5.96. The fourth-order valence-electron chi connectivity index (χ4n) is 2.14. The molecule has 1 fully saturated rings. The van der Waals surface area contributed by atoms with Crippen LogP contribution in [0, 0.1) is 0 Å². The summed E-state index contributed by atoms with van der Waals surface area (Å²) in [6.07, 6.45) is 2.79. The Morgan fingerprint density at radius 2 is 2.24 bits per heavy atom. The lowest BCUT2D eigenvalue weighted by molar-refractivity contribution is 0.0465. The van der Waals surface area contributed by atoms with E-state index >= 15 is 0 Å². The quantitative estimate of drug-likeness (QED) is 0.680. The second kappa shape index (κ2) is 5.23. The highest BCUT2D eigenvalue weighted by Gasteiger charge is 2.33. The fourth-order valence-corrected chi connectivity index (χ4v) is 2.14. The number of hydrogen-bond donors (Lipinski definition) is 3. The number of hydrogen-bond acceptors (Lipinski definition) is 4. The third kappa shape index (κ3) is 4.91. The predicted octanol–water partition coefficient (Wildman–Crippen LogP) is 1.14. The zero-order valence-electron chi connectivity index (χ0n) is 11.0. The summed E-state index contributed by atoms with van der Waals surface area (Å²) in [5.74, 6) is 0. The van der Waals surface area contributed by atoms with Gasteiger partial charge in [-0.25, -0.2) is 4.79 Å². The van der Waals surface area contributed by atoms with E-state index in [1.807, 2.05) is 20.8 Å². The van der Waals surface area contributed by atoms with Crippen molar-refractivity contribution in [2.75, 3.05) is 6.61 Å². The van der Waals surface area contributed by atoms with Gasteiger partial charge >= 0.3 is 6.09 Å². The highest BCUT2D eigenvalue weighted by Crippen LogP contribution is 2.26. The molecule has 0 heterocycles. The van der Waals surface area contributed by atoms with Crippen LogP contribution in [0.3, 0.4) is 0 Å². The number of nitrogens with two attached hydrogens (primary N) is 1. The molecule has 1 aliphatic carbocycles. The van der Waals surface area contributed by atoms with Crippen molar-refractivity contribution in [1.29, 1.82) is 0 Å². The molecule has 2 atom stereocenters. The molecule has 0 aliphatic heterocycles. The summed E-state index contributed by atoms with van der Waals surface area (Å²) in [5, 5.41) is 12.0. The molecular formula is C12H24N2O3.